The number of nitrogens with two attached hydrogens (primary N) is 1. The molecule has 1 heterocycles. The van der Waals surface area contributed by atoms with Gasteiger partial charge in [-0.15, -0.1) is 0 Å². The van der Waals surface area contributed by atoms with Crippen LogP contribution in [0.25, 0.3) is 11.3 Å². The summed E-state index contributed by atoms with van der Waals surface area (Å²) in [5.41, 5.74) is 6.90. The molecule has 5 heteroatoms. The second-order valence-corrected chi connectivity index (χ2v) is 5.12. The first-order chi connectivity index (χ1) is 9.60. The predicted molar refractivity (Wildman–Crippen MR) is 81.3 cm³/mol. The summed E-state index contributed by atoms with van der Waals surface area (Å²) in [5.74, 6) is 0.958. The van der Waals surface area contributed by atoms with E-state index in [0.717, 1.165) is 31.6 Å². The van der Waals surface area contributed by atoms with Crippen LogP contribution in [0.1, 0.15) is 32.5 Å². The number of nitrogens with zero attached hydrogens (tertiary/aromatic N) is 2. The maximum absolute atomic E-state index is 14.0. The third-order valence-electron chi connectivity index (χ3n) is 3.34. The molecule has 1 aromatic carbocycles. The molecular formula is C15H19ClFN3. The van der Waals surface area contributed by atoms with Crippen molar-refractivity contribution < 1.29 is 4.39 Å². The van der Waals surface area contributed by atoms with Crippen LogP contribution in [0.4, 0.5) is 10.2 Å². The first-order valence-corrected chi connectivity index (χ1v) is 7.27. The largest absolute Gasteiger partial charge is 0.383 e. The van der Waals surface area contributed by atoms with Gasteiger partial charge in [0.25, 0.3) is 0 Å². The Labute approximate surface area is 123 Å². The summed E-state index contributed by atoms with van der Waals surface area (Å²) in [5, 5.41) is 0.333. The molecule has 2 N–H and O–H groups in total. The minimum atomic E-state index is -0.396. The molecule has 20 heavy (non-hydrogen) atoms. The van der Waals surface area contributed by atoms with Gasteiger partial charge in [-0.3, -0.25) is 0 Å². The van der Waals surface area contributed by atoms with E-state index in [4.69, 9.17) is 17.3 Å². The number of anilines is 1. The number of nitrogen functional groups attached to an aromatic ring is 1. The molecule has 0 spiro atoms. The molecule has 0 unspecified atom stereocenters. The van der Waals surface area contributed by atoms with Gasteiger partial charge in [0.1, 0.15) is 23.2 Å². The molecule has 2 rings (SSSR count). The molecule has 0 saturated carbocycles. The number of rotatable bonds is 5. The summed E-state index contributed by atoms with van der Waals surface area (Å²) in [6.07, 6.45) is 2.83. The Morgan fingerprint density at radius 3 is 2.70 bits per heavy atom. The van der Waals surface area contributed by atoms with Crippen molar-refractivity contribution in [1.82, 2.24) is 9.55 Å². The summed E-state index contributed by atoms with van der Waals surface area (Å²) >= 11 is 6.10. The Kier molecular flexibility index (Phi) is 4.65. The minimum Gasteiger partial charge on any atom is -0.383 e. The fourth-order valence-electron chi connectivity index (χ4n) is 2.26. The van der Waals surface area contributed by atoms with Gasteiger partial charge >= 0.3 is 0 Å². The van der Waals surface area contributed by atoms with E-state index < -0.39 is 5.82 Å². The second-order valence-electron chi connectivity index (χ2n) is 4.72. The molecule has 1 aromatic heterocycles. The third-order valence-corrected chi connectivity index (χ3v) is 3.65. The maximum Gasteiger partial charge on any atom is 0.134 e. The van der Waals surface area contributed by atoms with Crippen molar-refractivity contribution in [3.63, 3.8) is 0 Å². The fraction of sp³-hybridized carbons (Fsp3) is 0.400. The van der Waals surface area contributed by atoms with Gasteiger partial charge in [-0.1, -0.05) is 37.9 Å². The van der Waals surface area contributed by atoms with Crippen LogP contribution in [0.5, 0.6) is 0 Å². The second kappa shape index (κ2) is 6.27. The number of aromatic nitrogens is 2. The Bertz CT molecular complexity index is 587. The van der Waals surface area contributed by atoms with Crippen LogP contribution in [0.3, 0.4) is 0 Å². The highest BCUT2D eigenvalue weighted by Crippen LogP contribution is 2.34. The molecule has 0 bridgehead atoms. The number of unbranched alkanes of at least 4 members (excludes halogenated alkanes) is 1. The van der Waals surface area contributed by atoms with Crippen molar-refractivity contribution >= 4 is 17.4 Å². The normalized spacial score (nSPS) is 11.0. The van der Waals surface area contributed by atoms with Crippen molar-refractivity contribution in [3.05, 3.63) is 34.9 Å². The molecule has 2 aromatic rings. The molecule has 108 valence electrons. The van der Waals surface area contributed by atoms with Crippen molar-refractivity contribution in [1.29, 1.82) is 0 Å². The Morgan fingerprint density at radius 1 is 1.35 bits per heavy atom. The van der Waals surface area contributed by atoms with Gasteiger partial charge in [0.2, 0.25) is 0 Å². The molecule has 0 radical (unpaired) electrons. The molecule has 0 atom stereocenters. The van der Waals surface area contributed by atoms with Crippen LogP contribution < -0.4 is 5.73 Å². The van der Waals surface area contributed by atoms with Crippen molar-refractivity contribution in [2.45, 2.75) is 39.7 Å². The zero-order chi connectivity index (χ0) is 14.7. The van der Waals surface area contributed by atoms with E-state index in [-0.39, 0.29) is 5.56 Å². The monoisotopic (exact) mass is 295 g/mol. The highest BCUT2D eigenvalue weighted by molar-refractivity contribution is 6.33. The van der Waals surface area contributed by atoms with Gasteiger partial charge in [-0.25, -0.2) is 9.37 Å². The third kappa shape index (κ3) is 2.66. The summed E-state index contributed by atoms with van der Waals surface area (Å²) in [6, 6.07) is 4.60. The van der Waals surface area contributed by atoms with Gasteiger partial charge in [-0.2, -0.15) is 0 Å². The molecule has 0 aliphatic carbocycles. The van der Waals surface area contributed by atoms with Crippen LogP contribution in [-0.4, -0.2) is 9.55 Å². The summed E-state index contributed by atoms with van der Waals surface area (Å²) in [4.78, 5) is 4.49. The fourth-order valence-corrected chi connectivity index (χ4v) is 2.51. The van der Waals surface area contributed by atoms with Crippen LogP contribution in [-0.2, 0) is 13.0 Å². The molecule has 0 saturated heterocycles. The van der Waals surface area contributed by atoms with Crippen LogP contribution in [0, 0.1) is 5.82 Å². The van der Waals surface area contributed by atoms with E-state index in [9.17, 15) is 4.39 Å². The van der Waals surface area contributed by atoms with E-state index in [1.54, 1.807) is 12.1 Å². The van der Waals surface area contributed by atoms with Gasteiger partial charge in [0.15, 0.2) is 0 Å². The van der Waals surface area contributed by atoms with Crippen molar-refractivity contribution in [2.75, 3.05) is 5.73 Å². The lowest BCUT2D eigenvalue weighted by atomic mass is 10.1. The molecule has 0 aliphatic heterocycles. The maximum atomic E-state index is 14.0. The predicted octanol–water partition coefficient (Wildman–Crippen LogP) is 4.29. The lowest BCUT2D eigenvalue weighted by Gasteiger charge is -2.08. The number of hydrogen-bond donors (Lipinski definition) is 1. The molecule has 0 amide bonds. The van der Waals surface area contributed by atoms with E-state index in [0.29, 0.717) is 16.5 Å². The van der Waals surface area contributed by atoms with Crippen molar-refractivity contribution in [3.8, 4) is 11.3 Å². The number of halogens is 2. The lowest BCUT2D eigenvalue weighted by molar-refractivity contribution is 0.612. The smallest absolute Gasteiger partial charge is 0.134 e. The number of hydrogen-bond acceptors (Lipinski definition) is 2. The summed E-state index contributed by atoms with van der Waals surface area (Å²) in [7, 11) is 0. The highest BCUT2D eigenvalue weighted by atomic mass is 35.5. The van der Waals surface area contributed by atoms with Gasteiger partial charge in [0.05, 0.1) is 10.6 Å². The first-order valence-electron chi connectivity index (χ1n) is 6.89. The number of imidazole rings is 1. The number of aryl methyl sites for hydroxylation is 1. The van der Waals surface area contributed by atoms with Crippen LogP contribution in [0.2, 0.25) is 5.02 Å². The summed E-state index contributed by atoms with van der Waals surface area (Å²) < 4.78 is 16.0. The zero-order valence-electron chi connectivity index (χ0n) is 11.8. The standard InChI is InChI=1S/C15H19ClFN3/c1-3-5-9-20-12(4-2)19-14(15(20)18)13-10(16)7-6-8-11(13)17/h6-8H,3-5,9,18H2,1-2H3. The van der Waals surface area contributed by atoms with Crippen molar-refractivity contribution in [2.24, 2.45) is 0 Å². The van der Waals surface area contributed by atoms with Gasteiger partial charge < -0.3 is 10.3 Å². The quantitative estimate of drug-likeness (QED) is 0.894. The molecule has 3 nitrogen and oxygen atoms in total. The average molecular weight is 296 g/mol. The number of benzene rings is 1. The molecule has 0 aliphatic rings. The van der Waals surface area contributed by atoms with E-state index >= 15 is 0 Å². The summed E-state index contributed by atoms with van der Waals surface area (Å²) in [6.45, 7) is 4.93. The van der Waals surface area contributed by atoms with E-state index in [2.05, 4.69) is 11.9 Å². The minimum absolute atomic E-state index is 0.289. The first kappa shape index (κ1) is 14.9. The Balaban J connectivity index is 2.55. The zero-order valence-corrected chi connectivity index (χ0v) is 12.5. The highest BCUT2D eigenvalue weighted by Gasteiger charge is 2.19. The van der Waals surface area contributed by atoms with E-state index in [1.165, 1.54) is 6.07 Å². The van der Waals surface area contributed by atoms with Gasteiger partial charge in [0, 0.05) is 13.0 Å². The average Bonchev–Trinajstić information content (AvgIpc) is 2.73. The lowest BCUT2D eigenvalue weighted by Crippen LogP contribution is -2.06. The topological polar surface area (TPSA) is 43.8 Å². The Hall–Kier alpha value is -1.55. The van der Waals surface area contributed by atoms with Crippen LogP contribution in [0.15, 0.2) is 18.2 Å². The van der Waals surface area contributed by atoms with Crippen LogP contribution >= 0.6 is 11.6 Å². The molecule has 0 fully saturated rings. The molecular weight excluding hydrogens is 277 g/mol. The Morgan fingerprint density at radius 2 is 2.10 bits per heavy atom. The SMILES string of the molecule is CCCCn1c(CC)nc(-c2c(F)cccc2Cl)c1N. The van der Waals surface area contributed by atoms with Gasteiger partial charge in [-0.05, 0) is 18.6 Å². The van der Waals surface area contributed by atoms with E-state index in [1.807, 2.05) is 11.5 Å².